The number of ether oxygens (including phenoxy) is 1. The van der Waals surface area contributed by atoms with Gasteiger partial charge in [0, 0.05) is 23.3 Å². The van der Waals surface area contributed by atoms with E-state index in [0.29, 0.717) is 6.04 Å². The van der Waals surface area contributed by atoms with E-state index in [1.54, 1.807) is 6.20 Å². The molecule has 1 fully saturated rings. The van der Waals surface area contributed by atoms with Crippen molar-refractivity contribution in [2.45, 2.75) is 38.8 Å². The van der Waals surface area contributed by atoms with E-state index in [1.165, 1.54) is 23.9 Å². The fraction of sp³-hybridized carbons (Fsp3) is 0.400. The van der Waals surface area contributed by atoms with Crippen molar-refractivity contribution in [3.63, 3.8) is 0 Å². The molecule has 2 aromatic rings. The molecule has 94 valence electrons. The first-order valence-electron chi connectivity index (χ1n) is 6.54. The zero-order valence-corrected chi connectivity index (χ0v) is 10.8. The molecule has 3 nitrogen and oxygen atoms in total. The molecule has 1 aliphatic rings. The highest BCUT2D eigenvalue weighted by atomic mass is 16.5. The molecule has 0 spiro atoms. The molecular formula is C15H18N2O. The lowest BCUT2D eigenvalue weighted by Crippen LogP contribution is -2.07. The van der Waals surface area contributed by atoms with E-state index in [2.05, 4.69) is 28.5 Å². The molecule has 1 aromatic carbocycles. The normalized spacial score (nSPS) is 15.1. The van der Waals surface area contributed by atoms with Crippen LogP contribution < -0.4 is 10.1 Å². The molecule has 1 N–H and O–H groups in total. The van der Waals surface area contributed by atoms with Gasteiger partial charge < -0.3 is 10.1 Å². The highest BCUT2D eigenvalue weighted by molar-refractivity contribution is 5.89. The van der Waals surface area contributed by atoms with Crippen molar-refractivity contribution in [3.05, 3.63) is 30.5 Å². The summed E-state index contributed by atoms with van der Waals surface area (Å²) in [6.07, 6.45) is 4.53. The smallest absolute Gasteiger partial charge is 0.221 e. The first-order chi connectivity index (χ1) is 8.72. The Morgan fingerprint density at radius 1 is 1.28 bits per heavy atom. The maximum atomic E-state index is 5.73. The van der Waals surface area contributed by atoms with Crippen molar-refractivity contribution in [2.75, 3.05) is 5.32 Å². The molecule has 18 heavy (non-hydrogen) atoms. The Hall–Kier alpha value is -1.77. The van der Waals surface area contributed by atoms with Crippen LogP contribution in [-0.2, 0) is 0 Å². The van der Waals surface area contributed by atoms with E-state index in [1.807, 2.05) is 19.9 Å². The van der Waals surface area contributed by atoms with Crippen molar-refractivity contribution in [1.82, 2.24) is 4.98 Å². The van der Waals surface area contributed by atoms with Gasteiger partial charge in [0.05, 0.1) is 6.10 Å². The van der Waals surface area contributed by atoms with Gasteiger partial charge in [0.2, 0.25) is 5.88 Å². The summed E-state index contributed by atoms with van der Waals surface area (Å²) in [7, 11) is 0. The molecule has 1 heterocycles. The van der Waals surface area contributed by atoms with E-state index >= 15 is 0 Å². The number of pyridine rings is 1. The number of hydrogen-bond donors (Lipinski definition) is 1. The molecule has 0 unspecified atom stereocenters. The quantitative estimate of drug-likeness (QED) is 0.889. The van der Waals surface area contributed by atoms with Gasteiger partial charge in [-0.1, -0.05) is 0 Å². The van der Waals surface area contributed by atoms with Crippen molar-refractivity contribution < 1.29 is 4.74 Å². The van der Waals surface area contributed by atoms with Crippen molar-refractivity contribution in [1.29, 1.82) is 0 Å². The van der Waals surface area contributed by atoms with Crippen LogP contribution in [0.2, 0.25) is 0 Å². The molecule has 0 saturated heterocycles. The zero-order chi connectivity index (χ0) is 12.5. The van der Waals surface area contributed by atoms with Crippen LogP contribution >= 0.6 is 0 Å². The molecule has 0 amide bonds. The van der Waals surface area contributed by atoms with Crippen LogP contribution in [0.4, 0.5) is 5.69 Å². The van der Waals surface area contributed by atoms with E-state index in [0.717, 1.165) is 11.3 Å². The number of fused-ring (bicyclic) bond motifs is 1. The summed E-state index contributed by atoms with van der Waals surface area (Å²) in [5.41, 5.74) is 1.19. The van der Waals surface area contributed by atoms with Crippen molar-refractivity contribution in [3.8, 4) is 5.88 Å². The minimum absolute atomic E-state index is 0.146. The summed E-state index contributed by atoms with van der Waals surface area (Å²) in [4.78, 5) is 4.31. The molecule has 1 aliphatic carbocycles. The van der Waals surface area contributed by atoms with Crippen LogP contribution in [0.25, 0.3) is 10.8 Å². The summed E-state index contributed by atoms with van der Waals surface area (Å²) in [6, 6.07) is 9.07. The number of aromatic nitrogens is 1. The Bertz CT molecular complexity index is 561. The maximum Gasteiger partial charge on any atom is 0.221 e. The lowest BCUT2D eigenvalue weighted by atomic mass is 10.1. The first kappa shape index (κ1) is 11.3. The Kier molecular flexibility index (Phi) is 2.82. The van der Waals surface area contributed by atoms with Crippen LogP contribution in [0.1, 0.15) is 26.7 Å². The van der Waals surface area contributed by atoms with Gasteiger partial charge in [0.15, 0.2) is 0 Å². The molecule has 3 rings (SSSR count). The molecule has 1 saturated carbocycles. The largest absolute Gasteiger partial charge is 0.475 e. The minimum Gasteiger partial charge on any atom is -0.475 e. The molecule has 3 heteroatoms. The molecule has 0 bridgehead atoms. The van der Waals surface area contributed by atoms with Gasteiger partial charge in [0.25, 0.3) is 0 Å². The van der Waals surface area contributed by atoms with Gasteiger partial charge in [-0.05, 0) is 56.3 Å². The third-order valence-electron chi connectivity index (χ3n) is 3.02. The average Bonchev–Trinajstić information content (AvgIpc) is 3.12. The topological polar surface area (TPSA) is 34.1 Å². The molecular weight excluding hydrogens is 224 g/mol. The minimum atomic E-state index is 0.146. The number of rotatable bonds is 4. The van der Waals surface area contributed by atoms with E-state index in [-0.39, 0.29) is 6.10 Å². The van der Waals surface area contributed by atoms with E-state index < -0.39 is 0 Å². The van der Waals surface area contributed by atoms with Gasteiger partial charge in [-0.25, -0.2) is 4.98 Å². The standard InChI is InChI=1S/C15H18N2O/c1-10(2)18-15-14-6-5-13(17-12-3-4-12)9-11(14)7-8-16-15/h5-10,12,17H,3-4H2,1-2H3. The third kappa shape index (κ3) is 2.40. The Labute approximate surface area is 107 Å². The first-order valence-corrected chi connectivity index (χ1v) is 6.54. The van der Waals surface area contributed by atoms with Crippen LogP contribution in [0.5, 0.6) is 5.88 Å². The highest BCUT2D eigenvalue weighted by Gasteiger charge is 2.20. The predicted octanol–water partition coefficient (Wildman–Crippen LogP) is 3.60. The fourth-order valence-electron chi connectivity index (χ4n) is 2.02. The van der Waals surface area contributed by atoms with Crippen LogP contribution in [0, 0.1) is 0 Å². The summed E-state index contributed by atoms with van der Waals surface area (Å²) >= 11 is 0. The van der Waals surface area contributed by atoms with Gasteiger partial charge >= 0.3 is 0 Å². The molecule has 0 aliphatic heterocycles. The van der Waals surface area contributed by atoms with Crippen LogP contribution in [0.3, 0.4) is 0 Å². The monoisotopic (exact) mass is 242 g/mol. The second-order valence-electron chi connectivity index (χ2n) is 5.14. The Morgan fingerprint density at radius 2 is 2.11 bits per heavy atom. The Balaban J connectivity index is 1.95. The second-order valence-corrected chi connectivity index (χ2v) is 5.14. The summed E-state index contributed by atoms with van der Waals surface area (Å²) in [5, 5.41) is 5.76. The highest BCUT2D eigenvalue weighted by Crippen LogP contribution is 2.29. The van der Waals surface area contributed by atoms with Gasteiger partial charge in [-0.3, -0.25) is 0 Å². The maximum absolute atomic E-state index is 5.73. The van der Waals surface area contributed by atoms with Crippen molar-refractivity contribution >= 4 is 16.5 Å². The van der Waals surface area contributed by atoms with Gasteiger partial charge in [-0.15, -0.1) is 0 Å². The van der Waals surface area contributed by atoms with Gasteiger partial charge in [0.1, 0.15) is 0 Å². The number of anilines is 1. The third-order valence-corrected chi connectivity index (χ3v) is 3.02. The van der Waals surface area contributed by atoms with E-state index in [4.69, 9.17) is 4.74 Å². The van der Waals surface area contributed by atoms with Gasteiger partial charge in [-0.2, -0.15) is 0 Å². The fourth-order valence-corrected chi connectivity index (χ4v) is 2.02. The number of hydrogen-bond acceptors (Lipinski definition) is 3. The van der Waals surface area contributed by atoms with Crippen LogP contribution in [-0.4, -0.2) is 17.1 Å². The zero-order valence-electron chi connectivity index (χ0n) is 10.8. The van der Waals surface area contributed by atoms with Crippen molar-refractivity contribution in [2.24, 2.45) is 0 Å². The molecule has 0 radical (unpaired) electrons. The summed E-state index contributed by atoms with van der Waals surface area (Å²) in [6.45, 7) is 4.03. The second kappa shape index (κ2) is 4.48. The number of benzene rings is 1. The average molecular weight is 242 g/mol. The van der Waals surface area contributed by atoms with Crippen LogP contribution in [0.15, 0.2) is 30.5 Å². The SMILES string of the molecule is CC(C)Oc1nccc2cc(NC3CC3)ccc12. The molecule has 0 atom stereocenters. The summed E-state index contributed by atoms with van der Waals surface area (Å²) < 4.78 is 5.73. The van der Waals surface area contributed by atoms with E-state index in [9.17, 15) is 0 Å². The lowest BCUT2D eigenvalue weighted by Gasteiger charge is -2.12. The lowest BCUT2D eigenvalue weighted by molar-refractivity contribution is 0.236. The predicted molar refractivity (Wildman–Crippen MR) is 74.2 cm³/mol. The number of nitrogens with one attached hydrogen (secondary N) is 1. The Morgan fingerprint density at radius 3 is 2.83 bits per heavy atom. The number of nitrogens with zero attached hydrogens (tertiary/aromatic N) is 1. The summed E-state index contributed by atoms with van der Waals surface area (Å²) in [5.74, 6) is 0.723. The molecule has 1 aromatic heterocycles.